The molecule has 0 fully saturated rings. The van der Waals surface area contributed by atoms with Crippen LogP contribution in [0.25, 0.3) is 5.57 Å². The largest absolute Gasteiger partial charge is 0.404 e. The van der Waals surface area contributed by atoms with Gasteiger partial charge in [0.2, 0.25) is 0 Å². The standard InChI is InChI=1S/C17H14N4O2/c1-11-6-12(7-18)2-4-14(11)15(8-19)17(23)21-16-5-3-13(10-22)9-20-16/h2-6,8-10H,19H2,1H3,(H,20,21,23). The number of amides is 1. The van der Waals surface area contributed by atoms with Crippen molar-refractivity contribution < 1.29 is 9.59 Å². The van der Waals surface area contributed by atoms with Gasteiger partial charge in [-0.25, -0.2) is 4.98 Å². The number of hydrogen-bond donors (Lipinski definition) is 2. The van der Waals surface area contributed by atoms with Crippen LogP contribution < -0.4 is 11.1 Å². The van der Waals surface area contributed by atoms with Crippen molar-refractivity contribution in [3.63, 3.8) is 0 Å². The Labute approximate surface area is 133 Å². The maximum Gasteiger partial charge on any atom is 0.258 e. The summed E-state index contributed by atoms with van der Waals surface area (Å²) in [6, 6.07) is 10.1. The summed E-state index contributed by atoms with van der Waals surface area (Å²) in [7, 11) is 0. The van der Waals surface area contributed by atoms with Gasteiger partial charge < -0.3 is 11.1 Å². The topological polar surface area (TPSA) is 109 Å². The fourth-order valence-electron chi connectivity index (χ4n) is 2.06. The number of anilines is 1. The minimum absolute atomic E-state index is 0.272. The number of hydrogen-bond acceptors (Lipinski definition) is 5. The van der Waals surface area contributed by atoms with E-state index >= 15 is 0 Å². The Morgan fingerprint density at radius 1 is 1.35 bits per heavy atom. The Balaban J connectivity index is 2.25. The molecule has 1 aromatic carbocycles. The molecule has 23 heavy (non-hydrogen) atoms. The molecule has 0 saturated heterocycles. The third-order valence-corrected chi connectivity index (χ3v) is 3.22. The predicted octanol–water partition coefficient (Wildman–Crippen LogP) is 2.01. The van der Waals surface area contributed by atoms with Crippen LogP contribution in [0.4, 0.5) is 5.82 Å². The monoisotopic (exact) mass is 306 g/mol. The number of carbonyl (C=O) groups excluding carboxylic acids is 2. The van der Waals surface area contributed by atoms with Gasteiger partial charge in [-0.15, -0.1) is 0 Å². The Hall–Kier alpha value is -3.46. The van der Waals surface area contributed by atoms with Crippen molar-refractivity contribution in [2.75, 3.05) is 5.32 Å². The molecule has 0 bridgehead atoms. The highest BCUT2D eigenvalue weighted by molar-refractivity contribution is 6.25. The molecule has 114 valence electrons. The molecule has 0 saturated carbocycles. The fourth-order valence-corrected chi connectivity index (χ4v) is 2.06. The first-order chi connectivity index (χ1) is 11.1. The Bertz CT molecular complexity index is 817. The lowest BCUT2D eigenvalue weighted by atomic mass is 9.98. The van der Waals surface area contributed by atoms with E-state index in [1.807, 2.05) is 6.07 Å². The number of benzene rings is 1. The molecule has 0 unspecified atom stereocenters. The lowest BCUT2D eigenvalue weighted by molar-refractivity contribution is -0.111. The van der Waals surface area contributed by atoms with Gasteiger partial charge in [-0.1, -0.05) is 6.07 Å². The molecule has 6 nitrogen and oxygen atoms in total. The summed E-state index contributed by atoms with van der Waals surface area (Å²) >= 11 is 0. The van der Waals surface area contributed by atoms with E-state index in [0.717, 1.165) is 5.56 Å². The molecule has 0 spiro atoms. The summed E-state index contributed by atoms with van der Waals surface area (Å²) in [5.74, 6) is -0.113. The number of aryl methyl sites for hydroxylation is 1. The SMILES string of the molecule is Cc1cc(C#N)ccc1C(=CN)C(=O)Nc1ccc(C=O)cn1. The second kappa shape index (κ2) is 7.00. The van der Waals surface area contributed by atoms with E-state index in [-0.39, 0.29) is 5.57 Å². The second-order valence-electron chi connectivity index (χ2n) is 4.77. The molecule has 0 radical (unpaired) electrons. The van der Waals surface area contributed by atoms with Gasteiger partial charge in [0.1, 0.15) is 5.82 Å². The number of nitrogens with one attached hydrogen (secondary N) is 1. The normalized spacial score (nSPS) is 10.7. The quantitative estimate of drug-likeness (QED) is 0.663. The lowest BCUT2D eigenvalue weighted by Gasteiger charge is -2.11. The van der Waals surface area contributed by atoms with Crippen molar-refractivity contribution in [3.8, 4) is 6.07 Å². The van der Waals surface area contributed by atoms with Crippen molar-refractivity contribution >= 4 is 23.6 Å². The highest BCUT2D eigenvalue weighted by Gasteiger charge is 2.15. The van der Waals surface area contributed by atoms with E-state index in [1.165, 1.54) is 18.5 Å². The van der Waals surface area contributed by atoms with Crippen LogP contribution in [-0.2, 0) is 4.79 Å². The number of nitrogens with zero attached hydrogens (tertiary/aromatic N) is 2. The van der Waals surface area contributed by atoms with Gasteiger partial charge >= 0.3 is 0 Å². The maximum absolute atomic E-state index is 12.4. The molecular formula is C17H14N4O2. The lowest BCUT2D eigenvalue weighted by Crippen LogP contribution is -2.16. The molecule has 6 heteroatoms. The highest BCUT2D eigenvalue weighted by Crippen LogP contribution is 2.21. The summed E-state index contributed by atoms with van der Waals surface area (Å²) in [5, 5.41) is 11.5. The summed E-state index contributed by atoms with van der Waals surface area (Å²) in [5.41, 5.74) is 8.18. The number of aldehydes is 1. The zero-order valence-electron chi connectivity index (χ0n) is 12.4. The van der Waals surface area contributed by atoms with Crippen LogP contribution >= 0.6 is 0 Å². The maximum atomic E-state index is 12.4. The number of nitriles is 1. The van der Waals surface area contributed by atoms with Gasteiger partial charge in [-0.3, -0.25) is 9.59 Å². The van der Waals surface area contributed by atoms with Crippen LogP contribution in [0.3, 0.4) is 0 Å². The summed E-state index contributed by atoms with van der Waals surface area (Å²) < 4.78 is 0. The first-order valence-electron chi connectivity index (χ1n) is 6.74. The van der Waals surface area contributed by atoms with Crippen LogP contribution in [0.2, 0.25) is 0 Å². The molecular weight excluding hydrogens is 292 g/mol. The number of nitrogens with two attached hydrogens (primary N) is 1. The van der Waals surface area contributed by atoms with Crippen molar-refractivity contribution in [3.05, 3.63) is 65.0 Å². The van der Waals surface area contributed by atoms with Crippen molar-refractivity contribution in [1.29, 1.82) is 5.26 Å². The minimum atomic E-state index is -0.424. The average Bonchev–Trinajstić information content (AvgIpc) is 2.57. The molecule has 0 aliphatic heterocycles. The summed E-state index contributed by atoms with van der Waals surface area (Å²) in [4.78, 5) is 26.9. The van der Waals surface area contributed by atoms with Crippen LogP contribution in [0.1, 0.15) is 27.0 Å². The van der Waals surface area contributed by atoms with Crippen LogP contribution in [-0.4, -0.2) is 17.2 Å². The van der Waals surface area contributed by atoms with Crippen molar-refractivity contribution in [1.82, 2.24) is 4.98 Å². The summed E-state index contributed by atoms with van der Waals surface area (Å²) in [6.45, 7) is 1.80. The van der Waals surface area contributed by atoms with Gasteiger partial charge in [-0.05, 0) is 42.3 Å². The zero-order chi connectivity index (χ0) is 16.8. The van der Waals surface area contributed by atoms with Gasteiger partial charge in [0.05, 0.1) is 17.2 Å². The molecule has 1 amide bonds. The van der Waals surface area contributed by atoms with E-state index in [9.17, 15) is 9.59 Å². The average molecular weight is 306 g/mol. The molecule has 0 atom stereocenters. The smallest absolute Gasteiger partial charge is 0.258 e. The van der Waals surface area contributed by atoms with Crippen LogP contribution in [0.15, 0.2) is 42.7 Å². The van der Waals surface area contributed by atoms with E-state index in [0.29, 0.717) is 28.8 Å². The van der Waals surface area contributed by atoms with E-state index < -0.39 is 5.91 Å². The van der Waals surface area contributed by atoms with Gasteiger partial charge in [0.15, 0.2) is 6.29 Å². The van der Waals surface area contributed by atoms with E-state index in [2.05, 4.69) is 10.3 Å². The van der Waals surface area contributed by atoms with Gasteiger partial charge in [0.25, 0.3) is 5.91 Å². The van der Waals surface area contributed by atoms with Gasteiger partial charge in [-0.2, -0.15) is 5.26 Å². The Morgan fingerprint density at radius 2 is 2.13 bits per heavy atom. The molecule has 1 aromatic heterocycles. The number of pyridine rings is 1. The first-order valence-corrected chi connectivity index (χ1v) is 6.74. The minimum Gasteiger partial charge on any atom is -0.404 e. The Kier molecular flexibility index (Phi) is 4.85. The van der Waals surface area contributed by atoms with Crippen LogP contribution in [0, 0.1) is 18.3 Å². The number of aromatic nitrogens is 1. The molecule has 0 aliphatic carbocycles. The van der Waals surface area contributed by atoms with Crippen LogP contribution in [0.5, 0.6) is 0 Å². The predicted molar refractivity (Wildman–Crippen MR) is 86.3 cm³/mol. The van der Waals surface area contributed by atoms with Crippen molar-refractivity contribution in [2.24, 2.45) is 5.73 Å². The summed E-state index contributed by atoms with van der Waals surface area (Å²) in [6.07, 6.45) is 3.24. The molecule has 1 heterocycles. The highest BCUT2D eigenvalue weighted by atomic mass is 16.1. The van der Waals surface area contributed by atoms with E-state index in [4.69, 9.17) is 11.0 Å². The third kappa shape index (κ3) is 3.60. The molecule has 2 aromatic rings. The number of carbonyl (C=O) groups is 2. The zero-order valence-corrected chi connectivity index (χ0v) is 12.4. The molecule has 3 N–H and O–H groups in total. The number of rotatable bonds is 4. The third-order valence-electron chi connectivity index (χ3n) is 3.22. The molecule has 0 aliphatic rings. The van der Waals surface area contributed by atoms with E-state index in [1.54, 1.807) is 31.2 Å². The molecule has 2 rings (SSSR count). The Morgan fingerprint density at radius 3 is 2.65 bits per heavy atom. The second-order valence-corrected chi connectivity index (χ2v) is 4.77. The van der Waals surface area contributed by atoms with Crippen molar-refractivity contribution in [2.45, 2.75) is 6.92 Å². The van der Waals surface area contributed by atoms with Gasteiger partial charge in [0, 0.05) is 18.0 Å². The fraction of sp³-hybridized carbons (Fsp3) is 0.0588. The first kappa shape index (κ1) is 15.9.